The molecule has 0 aromatic carbocycles. The van der Waals surface area contributed by atoms with Crippen LogP contribution in [0, 0.1) is 13.8 Å². The number of hydrogen-bond donors (Lipinski definition) is 1. The van der Waals surface area contributed by atoms with Gasteiger partial charge in [0, 0.05) is 6.54 Å². The van der Waals surface area contributed by atoms with Crippen LogP contribution in [-0.4, -0.2) is 16.5 Å². The molecule has 3 nitrogen and oxygen atoms in total. The van der Waals surface area contributed by atoms with Gasteiger partial charge < -0.3 is 5.32 Å². The Bertz CT molecular complexity index is 410. The monoisotopic (exact) mass is 231 g/mol. The molecule has 92 valence electrons. The van der Waals surface area contributed by atoms with Gasteiger partial charge in [0.1, 0.15) is 5.82 Å². The normalized spacial score (nSPS) is 15.5. The summed E-state index contributed by atoms with van der Waals surface area (Å²) < 4.78 is 0. The zero-order chi connectivity index (χ0) is 12.1. The average molecular weight is 231 g/mol. The van der Waals surface area contributed by atoms with Crippen LogP contribution in [0.1, 0.15) is 43.5 Å². The van der Waals surface area contributed by atoms with E-state index in [-0.39, 0.29) is 0 Å². The Balaban J connectivity index is 1.81. The maximum absolute atomic E-state index is 4.46. The highest BCUT2D eigenvalue weighted by molar-refractivity contribution is 5.33. The van der Waals surface area contributed by atoms with Crippen molar-refractivity contribution < 1.29 is 0 Å². The highest BCUT2D eigenvalue weighted by Crippen LogP contribution is 2.19. The number of hydrogen-bond acceptors (Lipinski definition) is 3. The number of nitrogens with zero attached hydrogens (tertiary/aromatic N) is 2. The molecule has 0 fully saturated rings. The van der Waals surface area contributed by atoms with Gasteiger partial charge in [-0.1, -0.05) is 11.6 Å². The van der Waals surface area contributed by atoms with Crippen molar-refractivity contribution in [3.8, 4) is 0 Å². The summed E-state index contributed by atoms with van der Waals surface area (Å²) in [6.45, 7) is 4.94. The van der Waals surface area contributed by atoms with Crippen LogP contribution in [0.5, 0.6) is 0 Å². The smallest absolute Gasteiger partial charge is 0.144 e. The standard InChI is InChI=1S/C14H21N3/c1-11-12(2)17-14(10-16-11)15-9-8-13-6-4-3-5-7-13/h6,10H,3-5,7-9H2,1-2H3,(H,15,17). The molecule has 0 saturated carbocycles. The zero-order valence-corrected chi connectivity index (χ0v) is 10.8. The zero-order valence-electron chi connectivity index (χ0n) is 10.8. The van der Waals surface area contributed by atoms with Gasteiger partial charge in [-0.3, -0.25) is 4.98 Å². The third kappa shape index (κ3) is 3.55. The second-order valence-electron chi connectivity index (χ2n) is 4.71. The van der Waals surface area contributed by atoms with E-state index in [0.29, 0.717) is 0 Å². The Morgan fingerprint density at radius 1 is 1.24 bits per heavy atom. The first kappa shape index (κ1) is 12.1. The summed E-state index contributed by atoms with van der Waals surface area (Å²) >= 11 is 0. The summed E-state index contributed by atoms with van der Waals surface area (Å²) in [5, 5.41) is 3.35. The van der Waals surface area contributed by atoms with E-state index in [4.69, 9.17) is 0 Å². The molecule has 0 radical (unpaired) electrons. The highest BCUT2D eigenvalue weighted by atomic mass is 15.0. The molecule has 0 bridgehead atoms. The molecule has 0 spiro atoms. The summed E-state index contributed by atoms with van der Waals surface area (Å²) in [4.78, 5) is 8.77. The number of aromatic nitrogens is 2. The SMILES string of the molecule is Cc1ncc(NCCC2=CCCCC2)nc1C. The Hall–Kier alpha value is -1.38. The van der Waals surface area contributed by atoms with Crippen molar-refractivity contribution in [2.75, 3.05) is 11.9 Å². The van der Waals surface area contributed by atoms with Crippen molar-refractivity contribution in [1.82, 2.24) is 9.97 Å². The Morgan fingerprint density at radius 2 is 2.12 bits per heavy atom. The van der Waals surface area contributed by atoms with Gasteiger partial charge in [0.25, 0.3) is 0 Å². The van der Waals surface area contributed by atoms with Crippen molar-refractivity contribution in [3.05, 3.63) is 29.2 Å². The van der Waals surface area contributed by atoms with Gasteiger partial charge in [-0.2, -0.15) is 0 Å². The highest BCUT2D eigenvalue weighted by Gasteiger charge is 2.04. The van der Waals surface area contributed by atoms with Gasteiger partial charge in [0.15, 0.2) is 0 Å². The molecule has 0 amide bonds. The van der Waals surface area contributed by atoms with Gasteiger partial charge in [0.05, 0.1) is 17.6 Å². The van der Waals surface area contributed by atoms with E-state index in [2.05, 4.69) is 21.4 Å². The van der Waals surface area contributed by atoms with Crippen LogP contribution >= 0.6 is 0 Å². The number of aryl methyl sites for hydroxylation is 2. The van der Waals surface area contributed by atoms with Crippen molar-refractivity contribution >= 4 is 5.82 Å². The Kier molecular flexibility index (Phi) is 4.13. The van der Waals surface area contributed by atoms with E-state index < -0.39 is 0 Å². The maximum Gasteiger partial charge on any atom is 0.144 e. The molecule has 1 heterocycles. The van der Waals surface area contributed by atoms with Gasteiger partial charge in [-0.15, -0.1) is 0 Å². The van der Waals surface area contributed by atoms with Crippen LogP contribution < -0.4 is 5.32 Å². The van der Waals surface area contributed by atoms with Crippen LogP contribution in [0.15, 0.2) is 17.8 Å². The number of rotatable bonds is 4. The Morgan fingerprint density at radius 3 is 2.82 bits per heavy atom. The van der Waals surface area contributed by atoms with Gasteiger partial charge in [0.2, 0.25) is 0 Å². The molecule has 2 rings (SSSR count). The largest absolute Gasteiger partial charge is 0.368 e. The fourth-order valence-corrected chi connectivity index (χ4v) is 2.11. The van der Waals surface area contributed by atoms with Gasteiger partial charge >= 0.3 is 0 Å². The summed E-state index contributed by atoms with van der Waals surface area (Å²) in [6.07, 6.45) is 10.6. The first-order valence-corrected chi connectivity index (χ1v) is 6.48. The lowest BCUT2D eigenvalue weighted by Crippen LogP contribution is -2.07. The van der Waals surface area contributed by atoms with Crippen LogP contribution in [0.4, 0.5) is 5.82 Å². The van der Waals surface area contributed by atoms with Crippen LogP contribution in [0.25, 0.3) is 0 Å². The summed E-state index contributed by atoms with van der Waals surface area (Å²) in [5.41, 5.74) is 3.61. The van der Waals surface area contributed by atoms with Crippen molar-refractivity contribution in [3.63, 3.8) is 0 Å². The van der Waals surface area contributed by atoms with E-state index in [0.717, 1.165) is 30.2 Å². The average Bonchev–Trinajstić information content (AvgIpc) is 2.35. The van der Waals surface area contributed by atoms with Crippen molar-refractivity contribution in [2.24, 2.45) is 0 Å². The first-order valence-electron chi connectivity index (χ1n) is 6.48. The molecule has 1 aliphatic carbocycles. The number of anilines is 1. The molecule has 1 N–H and O–H groups in total. The van der Waals surface area contributed by atoms with E-state index in [9.17, 15) is 0 Å². The minimum atomic E-state index is 0.893. The molecule has 3 heteroatoms. The van der Waals surface area contributed by atoms with Gasteiger partial charge in [-0.25, -0.2) is 4.98 Å². The predicted octanol–water partition coefficient (Wildman–Crippen LogP) is 3.40. The second-order valence-corrected chi connectivity index (χ2v) is 4.71. The lowest BCUT2D eigenvalue weighted by atomic mass is 9.97. The summed E-state index contributed by atoms with van der Waals surface area (Å²) in [5.74, 6) is 0.893. The minimum absolute atomic E-state index is 0.893. The second kappa shape index (κ2) is 5.80. The van der Waals surface area contributed by atoms with Crippen molar-refractivity contribution in [1.29, 1.82) is 0 Å². The quantitative estimate of drug-likeness (QED) is 0.807. The molecule has 1 aromatic rings. The summed E-state index contributed by atoms with van der Waals surface area (Å²) in [6, 6.07) is 0. The minimum Gasteiger partial charge on any atom is -0.368 e. The first-order chi connectivity index (χ1) is 8.25. The van der Waals surface area contributed by atoms with Crippen LogP contribution in [-0.2, 0) is 0 Å². The molecule has 1 aromatic heterocycles. The number of allylic oxidation sites excluding steroid dienone is 1. The fourth-order valence-electron chi connectivity index (χ4n) is 2.11. The molecule has 0 saturated heterocycles. The van der Waals surface area contributed by atoms with Crippen LogP contribution in [0.3, 0.4) is 0 Å². The lowest BCUT2D eigenvalue weighted by molar-refractivity contribution is 0.679. The third-order valence-electron chi connectivity index (χ3n) is 3.33. The van der Waals surface area contributed by atoms with E-state index in [1.807, 2.05) is 20.0 Å². The molecule has 0 unspecified atom stereocenters. The van der Waals surface area contributed by atoms with E-state index in [1.54, 1.807) is 5.57 Å². The van der Waals surface area contributed by atoms with Gasteiger partial charge in [-0.05, 0) is 46.0 Å². The third-order valence-corrected chi connectivity index (χ3v) is 3.33. The molecule has 1 aliphatic rings. The number of nitrogens with one attached hydrogen (secondary N) is 1. The molecule has 17 heavy (non-hydrogen) atoms. The topological polar surface area (TPSA) is 37.8 Å². The lowest BCUT2D eigenvalue weighted by Gasteiger charge is -2.13. The summed E-state index contributed by atoms with van der Waals surface area (Å²) in [7, 11) is 0. The van der Waals surface area contributed by atoms with E-state index in [1.165, 1.54) is 25.7 Å². The molecule has 0 aliphatic heterocycles. The Labute approximate surface area is 103 Å². The predicted molar refractivity (Wildman–Crippen MR) is 71.2 cm³/mol. The fraction of sp³-hybridized carbons (Fsp3) is 0.571. The molecule has 0 atom stereocenters. The van der Waals surface area contributed by atoms with Crippen molar-refractivity contribution in [2.45, 2.75) is 46.0 Å². The molecular weight excluding hydrogens is 210 g/mol. The van der Waals surface area contributed by atoms with Crippen LogP contribution in [0.2, 0.25) is 0 Å². The molecular formula is C14H21N3. The maximum atomic E-state index is 4.46. The van der Waals surface area contributed by atoms with E-state index >= 15 is 0 Å².